The molecule has 0 heteroatoms. The second-order valence-electron chi connectivity index (χ2n) is 10.1. The molecule has 2 atom stereocenters. The SMILES string of the molecule is C1=C(c2ccccc2)CCCC1.C1=CC(c2ccccc2)CCC1.C1=CCC(c2ccccc2)CC1. The molecule has 0 bridgehead atoms. The zero-order valence-electron chi connectivity index (χ0n) is 21.8. The third-order valence-corrected chi connectivity index (χ3v) is 7.46. The Kier molecular flexibility index (Phi) is 10.9. The molecule has 3 aliphatic carbocycles. The fourth-order valence-electron chi connectivity index (χ4n) is 5.36. The Hall–Kier alpha value is -3.12. The summed E-state index contributed by atoms with van der Waals surface area (Å²) in [5.41, 5.74) is 5.93. The maximum Gasteiger partial charge on any atom is 0.00180 e. The van der Waals surface area contributed by atoms with Crippen molar-refractivity contribution < 1.29 is 0 Å². The van der Waals surface area contributed by atoms with Gasteiger partial charge < -0.3 is 0 Å². The third kappa shape index (κ3) is 8.52. The molecule has 0 aliphatic heterocycles. The average molecular weight is 475 g/mol. The molecule has 0 amide bonds. The van der Waals surface area contributed by atoms with E-state index in [0.717, 1.165) is 5.92 Å². The standard InChI is InChI=1S/3C12H14/c3*1-3-7-11(8-4-1)12-9-5-2-6-10-12/h1,3-4,7-9H,2,5-6,10H2;1,3-5,7-9,12H,2,6,10H2;1-5,7-8,12H,6,9-10H2. The largest absolute Gasteiger partial charge is 0.0885 e. The summed E-state index contributed by atoms with van der Waals surface area (Å²) in [4.78, 5) is 0. The molecule has 186 valence electrons. The summed E-state index contributed by atoms with van der Waals surface area (Å²) in [5.74, 6) is 1.45. The van der Waals surface area contributed by atoms with Gasteiger partial charge in [0.1, 0.15) is 0 Å². The number of hydrogen-bond acceptors (Lipinski definition) is 0. The Morgan fingerprint density at radius 1 is 0.528 bits per heavy atom. The Balaban J connectivity index is 0.000000127. The van der Waals surface area contributed by atoms with E-state index in [2.05, 4.69) is 121 Å². The van der Waals surface area contributed by atoms with Crippen molar-refractivity contribution in [3.05, 3.63) is 138 Å². The molecular formula is C36H42. The zero-order chi connectivity index (χ0) is 24.7. The molecule has 0 radical (unpaired) electrons. The quantitative estimate of drug-likeness (QED) is 0.331. The second-order valence-corrected chi connectivity index (χ2v) is 10.1. The molecule has 0 N–H and O–H groups in total. The van der Waals surface area contributed by atoms with Gasteiger partial charge in [-0.3, -0.25) is 0 Å². The van der Waals surface area contributed by atoms with E-state index in [0.29, 0.717) is 5.92 Å². The van der Waals surface area contributed by atoms with E-state index in [1.807, 2.05) is 0 Å². The van der Waals surface area contributed by atoms with Crippen LogP contribution in [0.3, 0.4) is 0 Å². The predicted octanol–water partition coefficient (Wildman–Crippen LogP) is 10.7. The first kappa shape index (κ1) is 26.0. The van der Waals surface area contributed by atoms with Crippen molar-refractivity contribution in [1.29, 1.82) is 0 Å². The van der Waals surface area contributed by atoms with E-state index >= 15 is 0 Å². The highest BCUT2D eigenvalue weighted by Crippen LogP contribution is 2.29. The van der Waals surface area contributed by atoms with E-state index in [9.17, 15) is 0 Å². The highest BCUT2D eigenvalue weighted by atomic mass is 14.2. The lowest BCUT2D eigenvalue weighted by atomic mass is 9.88. The number of hydrogen-bond donors (Lipinski definition) is 0. The Morgan fingerprint density at radius 2 is 1.22 bits per heavy atom. The average Bonchev–Trinajstić information content (AvgIpc) is 3.01. The van der Waals surface area contributed by atoms with Crippen LogP contribution in [0.2, 0.25) is 0 Å². The van der Waals surface area contributed by atoms with E-state index in [1.54, 1.807) is 5.57 Å². The minimum absolute atomic E-state index is 0.681. The van der Waals surface area contributed by atoms with Crippen molar-refractivity contribution in [1.82, 2.24) is 0 Å². The van der Waals surface area contributed by atoms with Crippen LogP contribution in [0.5, 0.6) is 0 Å². The van der Waals surface area contributed by atoms with E-state index in [-0.39, 0.29) is 0 Å². The highest BCUT2D eigenvalue weighted by Gasteiger charge is 2.11. The van der Waals surface area contributed by atoms with Crippen LogP contribution in [0.1, 0.15) is 92.7 Å². The van der Waals surface area contributed by atoms with Gasteiger partial charge >= 0.3 is 0 Å². The van der Waals surface area contributed by atoms with Gasteiger partial charge in [-0.1, -0.05) is 121 Å². The normalized spacial score (nSPS) is 20.7. The first-order valence-corrected chi connectivity index (χ1v) is 14.1. The molecule has 3 aromatic rings. The Morgan fingerprint density at radius 3 is 1.81 bits per heavy atom. The molecular weight excluding hydrogens is 432 g/mol. The molecule has 0 nitrogen and oxygen atoms in total. The maximum absolute atomic E-state index is 2.39. The summed E-state index contributed by atoms with van der Waals surface area (Å²) in [6, 6.07) is 32.3. The number of benzene rings is 3. The Labute approximate surface area is 219 Å². The molecule has 36 heavy (non-hydrogen) atoms. The molecule has 3 aliphatic rings. The van der Waals surface area contributed by atoms with E-state index in [4.69, 9.17) is 0 Å². The first-order chi connectivity index (χ1) is 17.9. The molecule has 0 saturated heterocycles. The lowest BCUT2D eigenvalue weighted by Gasteiger charge is -2.17. The minimum Gasteiger partial charge on any atom is -0.0885 e. The summed E-state index contributed by atoms with van der Waals surface area (Å²) in [7, 11) is 0. The molecule has 2 unspecified atom stereocenters. The number of allylic oxidation sites excluding steroid dienone is 6. The van der Waals surface area contributed by atoms with Crippen LogP contribution in [-0.2, 0) is 0 Å². The molecule has 0 fully saturated rings. The molecule has 0 aromatic heterocycles. The van der Waals surface area contributed by atoms with Gasteiger partial charge in [-0.2, -0.15) is 0 Å². The summed E-state index contributed by atoms with van der Waals surface area (Å²) < 4.78 is 0. The van der Waals surface area contributed by atoms with Crippen molar-refractivity contribution in [2.45, 2.75) is 76.0 Å². The van der Waals surface area contributed by atoms with Crippen LogP contribution in [0, 0.1) is 0 Å². The van der Waals surface area contributed by atoms with E-state index in [1.165, 1.54) is 80.9 Å². The van der Waals surface area contributed by atoms with Crippen molar-refractivity contribution in [2.24, 2.45) is 0 Å². The van der Waals surface area contributed by atoms with Gasteiger partial charge in [0.05, 0.1) is 0 Å². The van der Waals surface area contributed by atoms with Gasteiger partial charge in [0.15, 0.2) is 0 Å². The van der Waals surface area contributed by atoms with Crippen molar-refractivity contribution in [2.75, 3.05) is 0 Å². The lowest BCUT2D eigenvalue weighted by Crippen LogP contribution is -1.99. The minimum atomic E-state index is 0.681. The van der Waals surface area contributed by atoms with Crippen LogP contribution in [-0.4, -0.2) is 0 Å². The van der Waals surface area contributed by atoms with Crippen molar-refractivity contribution in [3.8, 4) is 0 Å². The maximum atomic E-state index is 2.39. The molecule has 0 heterocycles. The van der Waals surface area contributed by atoms with Crippen molar-refractivity contribution >= 4 is 5.57 Å². The summed E-state index contributed by atoms with van der Waals surface area (Å²) in [6.45, 7) is 0. The van der Waals surface area contributed by atoms with Crippen LogP contribution in [0.25, 0.3) is 5.57 Å². The fraction of sp³-hybridized carbons (Fsp3) is 0.333. The lowest BCUT2D eigenvalue weighted by molar-refractivity contribution is 0.617. The van der Waals surface area contributed by atoms with Gasteiger partial charge in [0.2, 0.25) is 0 Å². The smallest absolute Gasteiger partial charge is 0.00180 e. The Bertz CT molecular complexity index is 1070. The molecule has 3 aromatic carbocycles. The fourth-order valence-corrected chi connectivity index (χ4v) is 5.36. The second kappa shape index (κ2) is 15.1. The molecule has 0 saturated carbocycles. The predicted molar refractivity (Wildman–Crippen MR) is 157 cm³/mol. The summed E-state index contributed by atoms with van der Waals surface area (Å²) >= 11 is 0. The topological polar surface area (TPSA) is 0 Å². The van der Waals surface area contributed by atoms with Crippen LogP contribution in [0.4, 0.5) is 0 Å². The van der Waals surface area contributed by atoms with Crippen LogP contribution in [0.15, 0.2) is 121 Å². The zero-order valence-corrected chi connectivity index (χ0v) is 21.8. The monoisotopic (exact) mass is 474 g/mol. The third-order valence-electron chi connectivity index (χ3n) is 7.46. The molecule has 0 spiro atoms. The van der Waals surface area contributed by atoms with E-state index < -0.39 is 0 Å². The van der Waals surface area contributed by atoms with Gasteiger partial charge in [-0.15, -0.1) is 0 Å². The number of rotatable bonds is 3. The van der Waals surface area contributed by atoms with Gasteiger partial charge in [-0.05, 0) is 92.4 Å². The van der Waals surface area contributed by atoms with Gasteiger partial charge in [0, 0.05) is 5.92 Å². The van der Waals surface area contributed by atoms with Crippen LogP contribution < -0.4 is 0 Å². The van der Waals surface area contributed by atoms with Crippen molar-refractivity contribution in [3.63, 3.8) is 0 Å². The summed E-state index contributed by atoms with van der Waals surface area (Å²) in [5, 5.41) is 0. The first-order valence-electron chi connectivity index (χ1n) is 14.1. The van der Waals surface area contributed by atoms with Gasteiger partial charge in [-0.25, -0.2) is 0 Å². The summed E-state index contributed by atoms with van der Waals surface area (Å²) in [6.07, 6.45) is 24.6. The van der Waals surface area contributed by atoms with Gasteiger partial charge in [0.25, 0.3) is 0 Å². The molecule has 6 rings (SSSR count). The highest BCUT2D eigenvalue weighted by molar-refractivity contribution is 5.65. The van der Waals surface area contributed by atoms with Crippen LogP contribution >= 0.6 is 0 Å².